The molecule has 1 amide bonds. The predicted octanol–water partition coefficient (Wildman–Crippen LogP) is 2.65. The number of hydrogen-bond donors (Lipinski definition) is 5. The summed E-state index contributed by atoms with van der Waals surface area (Å²) < 4.78 is 0.802. The average Bonchev–Trinajstić information content (AvgIpc) is 2.84. The summed E-state index contributed by atoms with van der Waals surface area (Å²) in [5.41, 5.74) is 17.3. The predicted molar refractivity (Wildman–Crippen MR) is 136 cm³/mol. The first kappa shape index (κ1) is 27.0. The second-order valence-electron chi connectivity index (χ2n) is 6.13. The van der Waals surface area contributed by atoms with E-state index in [0.717, 1.165) is 5.69 Å². The normalized spacial score (nSPS) is 9.54. The zero-order valence-corrected chi connectivity index (χ0v) is 20.9. The lowest BCUT2D eigenvalue weighted by atomic mass is 10.3. The second kappa shape index (κ2) is 13.5. The summed E-state index contributed by atoms with van der Waals surface area (Å²) >= 11 is 6.10. The van der Waals surface area contributed by atoms with E-state index in [2.05, 4.69) is 67.1 Å². The molecule has 13 nitrogen and oxygen atoms in total. The van der Waals surface area contributed by atoms with Gasteiger partial charge in [0.25, 0.3) is 5.91 Å². The van der Waals surface area contributed by atoms with Gasteiger partial charge in [-0.05, 0) is 56.1 Å². The molecule has 4 rings (SSSR count). The minimum Gasteiger partial charge on any atom is -0.476 e. The number of nitrogens with one attached hydrogen (secondary N) is 1. The number of anilines is 4. The SMILES string of the molecule is Nc1ccncc1.Nc1ncc(Br)nc1C(=O)Nc1ccncc1.Nc1ncc(Br)nc1C(=O)O. The van der Waals surface area contributed by atoms with Crippen LogP contribution in [0, 0.1) is 0 Å². The maximum absolute atomic E-state index is 11.9. The number of hydrogen-bond acceptors (Lipinski definition) is 11. The van der Waals surface area contributed by atoms with E-state index in [-0.39, 0.29) is 23.0 Å². The van der Waals surface area contributed by atoms with Crippen molar-refractivity contribution >= 4 is 66.7 Å². The number of amides is 1. The average molecular weight is 606 g/mol. The molecule has 15 heteroatoms. The number of aromatic nitrogens is 6. The van der Waals surface area contributed by atoms with Gasteiger partial charge >= 0.3 is 5.97 Å². The Labute approximate surface area is 215 Å². The topological polar surface area (TPSA) is 222 Å². The van der Waals surface area contributed by atoms with Gasteiger partial charge in [-0.15, -0.1) is 0 Å². The first-order valence-electron chi connectivity index (χ1n) is 9.33. The summed E-state index contributed by atoms with van der Waals surface area (Å²) in [6.45, 7) is 0. The smallest absolute Gasteiger partial charge is 0.358 e. The number of rotatable bonds is 3. The Kier molecular flexibility index (Phi) is 10.4. The van der Waals surface area contributed by atoms with Crippen LogP contribution in [0.5, 0.6) is 0 Å². The molecular weight excluding hydrogens is 588 g/mol. The highest BCUT2D eigenvalue weighted by molar-refractivity contribution is 9.10. The van der Waals surface area contributed by atoms with Crippen molar-refractivity contribution in [1.29, 1.82) is 0 Å². The summed E-state index contributed by atoms with van der Waals surface area (Å²) in [6, 6.07) is 6.83. The van der Waals surface area contributed by atoms with E-state index in [0.29, 0.717) is 14.9 Å². The molecule has 0 aliphatic carbocycles. The highest BCUT2D eigenvalue weighted by atomic mass is 79.9. The van der Waals surface area contributed by atoms with Gasteiger partial charge in [-0.25, -0.2) is 24.7 Å². The van der Waals surface area contributed by atoms with Crippen LogP contribution in [0.25, 0.3) is 0 Å². The quantitative estimate of drug-likeness (QED) is 0.227. The molecule has 4 aromatic rings. The van der Waals surface area contributed by atoms with E-state index in [9.17, 15) is 9.59 Å². The Morgan fingerprint density at radius 1 is 0.771 bits per heavy atom. The molecule has 0 atom stereocenters. The van der Waals surface area contributed by atoms with Crippen LogP contribution >= 0.6 is 31.9 Å². The Morgan fingerprint density at radius 3 is 1.66 bits per heavy atom. The van der Waals surface area contributed by atoms with Gasteiger partial charge in [0.15, 0.2) is 23.0 Å². The third kappa shape index (κ3) is 9.26. The van der Waals surface area contributed by atoms with Gasteiger partial charge in [-0.1, -0.05) is 0 Å². The largest absolute Gasteiger partial charge is 0.476 e. The molecular formula is C20H18Br2N10O3. The van der Waals surface area contributed by atoms with Crippen molar-refractivity contribution in [2.75, 3.05) is 22.5 Å². The fraction of sp³-hybridized carbons (Fsp3) is 0. The number of carbonyl (C=O) groups excluding carboxylic acids is 1. The van der Waals surface area contributed by atoms with Crippen molar-refractivity contribution in [2.24, 2.45) is 0 Å². The number of nitrogens with zero attached hydrogens (tertiary/aromatic N) is 6. The minimum atomic E-state index is -1.18. The highest BCUT2D eigenvalue weighted by Gasteiger charge is 2.13. The number of carbonyl (C=O) groups is 2. The van der Waals surface area contributed by atoms with Gasteiger partial charge in [0.1, 0.15) is 9.21 Å². The van der Waals surface area contributed by atoms with Crippen molar-refractivity contribution < 1.29 is 14.7 Å². The number of carboxylic acids is 1. The lowest BCUT2D eigenvalue weighted by molar-refractivity contribution is 0.0691. The van der Waals surface area contributed by atoms with E-state index in [1.165, 1.54) is 12.4 Å². The van der Waals surface area contributed by atoms with Crippen molar-refractivity contribution in [3.05, 3.63) is 82.0 Å². The Balaban J connectivity index is 0.000000205. The van der Waals surface area contributed by atoms with E-state index in [1.54, 1.807) is 49.1 Å². The van der Waals surface area contributed by atoms with Gasteiger partial charge in [-0.2, -0.15) is 0 Å². The number of carboxylic acid groups (broad SMARTS) is 1. The molecule has 0 spiro atoms. The number of aromatic carboxylic acids is 1. The van der Waals surface area contributed by atoms with Gasteiger partial charge in [0.2, 0.25) is 0 Å². The lowest BCUT2D eigenvalue weighted by Crippen LogP contribution is -2.16. The number of nitrogen functional groups attached to an aromatic ring is 3. The number of pyridine rings is 2. The van der Waals surface area contributed by atoms with E-state index in [1.807, 2.05) is 0 Å². The van der Waals surface area contributed by atoms with Crippen LogP contribution in [0.4, 0.5) is 23.0 Å². The first-order chi connectivity index (χ1) is 16.7. The van der Waals surface area contributed by atoms with E-state index < -0.39 is 11.9 Å². The summed E-state index contributed by atoms with van der Waals surface area (Å²) in [6.07, 6.45) is 9.24. The van der Waals surface area contributed by atoms with Crippen LogP contribution in [-0.2, 0) is 0 Å². The van der Waals surface area contributed by atoms with Crippen molar-refractivity contribution in [3.8, 4) is 0 Å². The maximum atomic E-state index is 11.9. The molecule has 0 saturated carbocycles. The summed E-state index contributed by atoms with van der Waals surface area (Å²) in [5, 5.41) is 11.1. The fourth-order valence-corrected chi connectivity index (χ4v) is 2.63. The Morgan fingerprint density at radius 2 is 1.23 bits per heavy atom. The van der Waals surface area contributed by atoms with Gasteiger partial charge in [0.05, 0.1) is 12.4 Å². The van der Waals surface area contributed by atoms with Crippen LogP contribution in [0.1, 0.15) is 21.0 Å². The monoisotopic (exact) mass is 604 g/mol. The molecule has 0 aromatic carbocycles. The van der Waals surface area contributed by atoms with Gasteiger partial charge < -0.3 is 27.6 Å². The third-order valence-corrected chi connectivity index (χ3v) is 4.37. The molecule has 8 N–H and O–H groups in total. The van der Waals surface area contributed by atoms with Crippen LogP contribution in [0.2, 0.25) is 0 Å². The molecule has 0 aliphatic heterocycles. The molecule has 0 unspecified atom stereocenters. The molecule has 0 fully saturated rings. The molecule has 35 heavy (non-hydrogen) atoms. The lowest BCUT2D eigenvalue weighted by Gasteiger charge is -2.05. The second-order valence-corrected chi connectivity index (χ2v) is 7.75. The third-order valence-electron chi connectivity index (χ3n) is 3.60. The molecule has 180 valence electrons. The fourth-order valence-electron chi connectivity index (χ4n) is 2.07. The van der Waals surface area contributed by atoms with Gasteiger partial charge in [-0.3, -0.25) is 14.8 Å². The zero-order valence-electron chi connectivity index (χ0n) is 17.7. The highest BCUT2D eigenvalue weighted by Crippen LogP contribution is 2.13. The zero-order chi connectivity index (χ0) is 25.8. The summed E-state index contributed by atoms with van der Waals surface area (Å²) in [4.78, 5) is 44.8. The molecule has 0 saturated heterocycles. The van der Waals surface area contributed by atoms with E-state index in [4.69, 9.17) is 22.3 Å². The molecule has 0 aliphatic rings. The van der Waals surface area contributed by atoms with Crippen LogP contribution in [0.15, 0.2) is 70.7 Å². The minimum absolute atomic E-state index is 0.0798. The van der Waals surface area contributed by atoms with E-state index >= 15 is 0 Å². The molecule has 4 aromatic heterocycles. The molecule has 4 heterocycles. The number of nitrogens with two attached hydrogens (primary N) is 3. The standard InChI is InChI=1S/C10H8BrN5O.C5H4BrN3O2.C5H6N2/c11-7-5-14-9(12)8(16-7)10(17)15-6-1-3-13-4-2-6;6-2-1-8-4(7)3(9-2)5(10)11;6-5-1-3-7-4-2-5/h1-5H,(H2,12,14)(H,13,15,17);1H,(H2,7,8)(H,10,11);1-4H,(H2,6,7). The van der Waals surface area contributed by atoms with Gasteiger partial charge in [0, 0.05) is 36.2 Å². The molecule has 0 bridgehead atoms. The summed E-state index contributed by atoms with van der Waals surface area (Å²) in [5.74, 6) is -1.60. The Bertz CT molecular complexity index is 1280. The van der Waals surface area contributed by atoms with Crippen molar-refractivity contribution in [3.63, 3.8) is 0 Å². The number of halogens is 2. The van der Waals surface area contributed by atoms with Crippen molar-refractivity contribution in [2.45, 2.75) is 0 Å². The molecule has 0 radical (unpaired) electrons. The van der Waals surface area contributed by atoms with Crippen molar-refractivity contribution in [1.82, 2.24) is 29.9 Å². The van der Waals surface area contributed by atoms with Crippen LogP contribution in [0.3, 0.4) is 0 Å². The Hall–Kier alpha value is -4.24. The van der Waals surface area contributed by atoms with Crippen LogP contribution in [-0.4, -0.2) is 46.9 Å². The summed E-state index contributed by atoms with van der Waals surface area (Å²) in [7, 11) is 0. The van der Waals surface area contributed by atoms with Crippen LogP contribution < -0.4 is 22.5 Å². The first-order valence-corrected chi connectivity index (χ1v) is 10.9. The maximum Gasteiger partial charge on any atom is 0.358 e.